The molecule has 0 saturated heterocycles. The molecular formula is C17H24Cl2O. The van der Waals surface area contributed by atoms with Gasteiger partial charge in [0.05, 0.1) is 5.60 Å². The normalized spacial score (nSPS) is 27.0. The van der Waals surface area contributed by atoms with Crippen LogP contribution in [-0.4, -0.2) is 12.7 Å². The van der Waals surface area contributed by atoms with E-state index in [-0.39, 0.29) is 5.60 Å². The summed E-state index contributed by atoms with van der Waals surface area (Å²) in [6.07, 6.45) is 5.61. The summed E-state index contributed by atoms with van der Waals surface area (Å²) in [7, 11) is 1.83. The number of halogens is 2. The van der Waals surface area contributed by atoms with Crippen LogP contribution in [0.4, 0.5) is 0 Å². The van der Waals surface area contributed by atoms with Gasteiger partial charge < -0.3 is 4.74 Å². The molecule has 3 heteroatoms. The lowest BCUT2D eigenvalue weighted by Gasteiger charge is -2.40. The van der Waals surface area contributed by atoms with Crippen molar-refractivity contribution in [3.05, 3.63) is 33.8 Å². The third-order valence-corrected chi connectivity index (χ3v) is 5.43. The maximum absolute atomic E-state index is 6.31. The Kier molecular flexibility index (Phi) is 5.39. The lowest BCUT2D eigenvalue weighted by Crippen LogP contribution is -2.39. The summed E-state index contributed by atoms with van der Waals surface area (Å²) < 4.78 is 5.90. The molecule has 112 valence electrons. The van der Waals surface area contributed by atoms with E-state index in [0.717, 1.165) is 41.7 Å². The molecule has 0 heterocycles. The third kappa shape index (κ3) is 3.69. The van der Waals surface area contributed by atoms with E-state index < -0.39 is 0 Å². The van der Waals surface area contributed by atoms with Gasteiger partial charge in [-0.15, -0.1) is 0 Å². The molecule has 1 aromatic rings. The summed E-state index contributed by atoms with van der Waals surface area (Å²) in [4.78, 5) is 0. The Morgan fingerprint density at radius 1 is 1.25 bits per heavy atom. The van der Waals surface area contributed by atoms with E-state index in [4.69, 9.17) is 27.9 Å². The highest BCUT2D eigenvalue weighted by Gasteiger charge is 2.36. The smallest absolute Gasteiger partial charge is 0.0719 e. The minimum atomic E-state index is -0.0527. The van der Waals surface area contributed by atoms with E-state index in [1.165, 1.54) is 12.8 Å². The van der Waals surface area contributed by atoms with Crippen LogP contribution in [-0.2, 0) is 11.2 Å². The Labute approximate surface area is 132 Å². The number of hydrogen-bond acceptors (Lipinski definition) is 1. The molecule has 20 heavy (non-hydrogen) atoms. The van der Waals surface area contributed by atoms with E-state index in [0.29, 0.717) is 5.02 Å². The molecule has 0 atom stereocenters. The fraction of sp³-hybridized carbons (Fsp3) is 0.647. The first-order chi connectivity index (χ1) is 9.46. The van der Waals surface area contributed by atoms with Gasteiger partial charge in [0, 0.05) is 23.6 Å². The highest BCUT2D eigenvalue weighted by Crippen LogP contribution is 2.40. The largest absolute Gasteiger partial charge is 0.378 e. The molecule has 0 unspecified atom stereocenters. The Bertz CT molecular complexity index is 448. The van der Waals surface area contributed by atoms with Gasteiger partial charge in [-0.05, 0) is 55.2 Å². The molecule has 2 rings (SSSR count). The van der Waals surface area contributed by atoms with Crippen molar-refractivity contribution >= 4 is 23.2 Å². The van der Waals surface area contributed by atoms with Gasteiger partial charge >= 0.3 is 0 Å². The molecule has 0 spiro atoms. The predicted molar refractivity (Wildman–Crippen MR) is 86.7 cm³/mol. The van der Waals surface area contributed by atoms with E-state index in [9.17, 15) is 0 Å². The van der Waals surface area contributed by atoms with Crippen LogP contribution < -0.4 is 0 Å². The summed E-state index contributed by atoms with van der Waals surface area (Å²) in [6, 6.07) is 5.76. The number of benzene rings is 1. The van der Waals surface area contributed by atoms with E-state index in [1.54, 1.807) is 0 Å². The molecule has 0 N–H and O–H groups in total. The van der Waals surface area contributed by atoms with Crippen molar-refractivity contribution in [3.63, 3.8) is 0 Å². The van der Waals surface area contributed by atoms with Crippen molar-refractivity contribution in [2.45, 2.75) is 51.6 Å². The van der Waals surface area contributed by atoms with Gasteiger partial charge in [0.15, 0.2) is 0 Å². The lowest BCUT2D eigenvalue weighted by atomic mass is 9.72. The average Bonchev–Trinajstić information content (AvgIpc) is 2.42. The van der Waals surface area contributed by atoms with Crippen molar-refractivity contribution in [3.8, 4) is 0 Å². The standard InChI is InChI=1S/C17H24Cl2O/c1-12(2)13-6-8-17(20-3,9-7-13)11-14-4-5-15(18)10-16(14)19/h4-5,10,12-13H,6-9,11H2,1-3H3. The van der Waals surface area contributed by atoms with Crippen molar-refractivity contribution in [2.24, 2.45) is 11.8 Å². The second kappa shape index (κ2) is 6.68. The van der Waals surface area contributed by atoms with Gasteiger partial charge in [0.1, 0.15) is 0 Å². The van der Waals surface area contributed by atoms with Gasteiger partial charge in [-0.25, -0.2) is 0 Å². The zero-order valence-electron chi connectivity index (χ0n) is 12.6. The van der Waals surface area contributed by atoms with Crippen molar-refractivity contribution in [1.29, 1.82) is 0 Å². The minimum Gasteiger partial charge on any atom is -0.378 e. The monoisotopic (exact) mass is 314 g/mol. The SMILES string of the molecule is COC1(Cc2ccc(Cl)cc2Cl)CCC(C(C)C)CC1. The molecule has 1 aromatic carbocycles. The fourth-order valence-corrected chi connectivity index (χ4v) is 3.77. The van der Waals surface area contributed by atoms with Crippen LogP contribution in [0.15, 0.2) is 18.2 Å². The molecular weight excluding hydrogens is 291 g/mol. The Balaban J connectivity index is 2.09. The number of hydrogen-bond donors (Lipinski definition) is 0. The number of rotatable bonds is 4. The average molecular weight is 315 g/mol. The Morgan fingerprint density at radius 2 is 1.90 bits per heavy atom. The summed E-state index contributed by atoms with van der Waals surface area (Å²) in [5, 5.41) is 1.44. The van der Waals surface area contributed by atoms with E-state index in [2.05, 4.69) is 13.8 Å². The van der Waals surface area contributed by atoms with Gasteiger partial charge in [-0.2, -0.15) is 0 Å². The number of methoxy groups -OCH3 is 1. The Hall–Kier alpha value is -0.240. The summed E-state index contributed by atoms with van der Waals surface area (Å²) in [6.45, 7) is 4.64. The van der Waals surface area contributed by atoms with Crippen LogP contribution >= 0.6 is 23.2 Å². The van der Waals surface area contributed by atoms with Crippen LogP contribution in [0.5, 0.6) is 0 Å². The first kappa shape index (κ1) is 16.1. The summed E-state index contributed by atoms with van der Waals surface area (Å²) >= 11 is 12.3. The summed E-state index contributed by atoms with van der Waals surface area (Å²) in [5.74, 6) is 1.60. The first-order valence-corrected chi connectivity index (χ1v) is 8.20. The maximum atomic E-state index is 6.31. The van der Waals surface area contributed by atoms with Crippen LogP contribution in [0.1, 0.15) is 45.1 Å². The van der Waals surface area contributed by atoms with Crippen molar-refractivity contribution in [1.82, 2.24) is 0 Å². The lowest BCUT2D eigenvalue weighted by molar-refractivity contribution is -0.0525. The second-order valence-electron chi connectivity index (χ2n) is 6.38. The second-order valence-corrected chi connectivity index (χ2v) is 7.22. The molecule has 1 nitrogen and oxygen atoms in total. The van der Waals surface area contributed by atoms with Crippen LogP contribution in [0, 0.1) is 11.8 Å². The van der Waals surface area contributed by atoms with Gasteiger partial charge in [0.2, 0.25) is 0 Å². The molecule has 1 aliphatic carbocycles. The molecule has 0 aliphatic heterocycles. The molecule has 0 amide bonds. The molecule has 0 aromatic heterocycles. The summed E-state index contributed by atoms with van der Waals surface area (Å²) in [5.41, 5.74) is 1.09. The van der Waals surface area contributed by atoms with Crippen LogP contribution in [0.3, 0.4) is 0 Å². The molecule has 0 radical (unpaired) electrons. The van der Waals surface area contributed by atoms with Gasteiger partial charge in [0.25, 0.3) is 0 Å². The van der Waals surface area contributed by atoms with Crippen LogP contribution in [0.2, 0.25) is 10.0 Å². The minimum absolute atomic E-state index is 0.0527. The zero-order chi connectivity index (χ0) is 14.8. The van der Waals surface area contributed by atoms with Crippen LogP contribution in [0.25, 0.3) is 0 Å². The topological polar surface area (TPSA) is 9.23 Å². The zero-order valence-corrected chi connectivity index (χ0v) is 14.1. The number of ether oxygens (including phenoxy) is 1. The van der Waals surface area contributed by atoms with E-state index >= 15 is 0 Å². The van der Waals surface area contributed by atoms with Gasteiger partial charge in [-0.1, -0.05) is 43.1 Å². The highest BCUT2D eigenvalue weighted by molar-refractivity contribution is 6.35. The predicted octanol–water partition coefficient (Wildman–Crippen LogP) is 5.77. The Morgan fingerprint density at radius 3 is 2.40 bits per heavy atom. The molecule has 1 aliphatic rings. The third-order valence-electron chi connectivity index (χ3n) is 4.85. The fourth-order valence-electron chi connectivity index (χ4n) is 3.30. The van der Waals surface area contributed by atoms with Crippen molar-refractivity contribution in [2.75, 3.05) is 7.11 Å². The molecule has 1 saturated carbocycles. The van der Waals surface area contributed by atoms with Gasteiger partial charge in [-0.3, -0.25) is 0 Å². The first-order valence-electron chi connectivity index (χ1n) is 7.45. The van der Waals surface area contributed by atoms with Crippen molar-refractivity contribution < 1.29 is 4.74 Å². The molecule has 1 fully saturated rings. The maximum Gasteiger partial charge on any atom is 0.0719 e. The highest BCUT2D eigenvalue weighted by atomic mass is 35.5. The van der Waals surface area contributed by atoms with E-state index in [1.807, 2.05) is 25.3 Å². The quantitative estimate of drug-likeness (QED) is 0.685. The molecule has 0 bridgehead atoms.